The quantitative estimate of drug-likeness (QED) is 0.761. The molecule has 0 unspecified atom stereocenters. The Morgan fingerprint density at radius 1 is 1.57 bits per heavy atom. The van der Waals surface area contributed by atoms with Crippen molar-refractivity contribution in [2.24, 2.45) is 5.41 Å². The molecule has 3 heteroatoms. The number of hydrogen-bond donors (Lipinski definition) is 0. The van der Waals surface area contributed by atoms with Crippen LogP contribution in [0.2, 0.25) is 0 Å². The van der Waals surface area contributed by atoms with E-state index in [9.17, 15) is 4.79 Å². The molecule has 1 fully saturated rings. The molecule has 0 radical (unpaired) electrons. The molecule has 0 saturated heterocycles. The van der Waals surface area contributed by atoms with Crippen molar-refractivity contribution in [3.8, 4) is 0 Å². The molecule has 1 aromatic heterocycles. The Morgan fingerprint density at radius 3 is 2.86 bits per heavy atom. The summed E-state index contributed by atoms with van der Waals surface area (Å²) in [4.78, 5) is 11.7. The maximum atomic E-state index is 11.7. The maximum absolute atomic E-state index is 11.7. The minimum absolute atomic E-state index is 0.153. The van der Waals surface area contributed by atoms with E-state index in [-0.39, 0.29) is 5.56 Å². The van der Waals surface area contributed by atoms with E-state index in [1.165, 1.54) is 12.8 Å². The van der Waals surface area contributed by atoms with Crippen LogP contribution in [0.4, 0.5) is 0 Å². The van der Waals surface area contributed by atoms with Crippen molar-refractivity contribution in [3.05, 3.63) is 34.2 Å². The van der Waals surface area contributed by atoms with Gasteiger partial charge in [0.1, 0.15) is 0 Å². The van der Waals surface area contributed by atoms with Gasteiger partial charge in [-0.15, -0.1) is 0 Å². The van der Waals surface area contributed by atoms with E-state index in [0.29, 0.717) is 5.41 Å². The third-order valence-electron chi connectivity index (χ3n) is 2.96. The van der Waals surface area contributed by atoms with E-state index in [4.69, 9.17) is 0 Å². The SMILES string of the molecule is Cc1cccn(CC2(CBr)CC2)c1=O. The van der Waals surface area contributed by atoms with E-state index in [1.54, 1.807) is 0 Å². The first kappa shape index (κ1) is 9.97. The van der Waals surface area contributed by atoms with Crippen molar-refractivity contribution in [1.82, 2.24) is 4.57 Å². The van der Waals surface area contributed by atoms with Crippen LogP contribution in [0.15, 0.2) is 23.1 Å². The molecule has 0 amide bonds. The number of halogens is 1. The van der Waals surface area contributed by atoms with Gasteiger partial charge >= 0.3 is 0 Å². The van der Waals surface area contributed by atoms with E-state index in [2.05, 4.69) is 15.9 Å². The number of aromatic nitrogens is 1. The molecule has 14 heavy (non-hydrogen) atoms. The van der Waals surface area contributed by atoms with Crippen LogP contribution in [0, 0.1) is 12.3 Å². The number of alkyl halides is 1. The summed E-state index contributed by atoms with van der Waals surface area (Å²) in [5.74, 6) is 0. The smallest absolute Gasteiger partial charge is 0.253 e. The molecule has 0 N–H and O–H groups in total. The second-order valence-corrected chi connectivity index (χ2v) is 4.82. The second kappa shape index (κ2) is 3.54. The first-order chi connectivity index (χ1) is 6.67. The number of aryl methyl sites for hydroxylation is 1. The fourth-order valence-electron chi connectivity index (χ4n) is 1.65. The fourth-order valence-corrected chi connectivity index (χ4v) is 2.39. The molecule has 1 aliphatic rings. The molecule has 0 spiro atoms. The fraction of sp³-hybridized carbons (Fsp3) is 0.545. The van der Waals surface area contributed by atoms with Gasteiger partial charge in [0.25, 0.3) is 5.56 Å². The topological polar surface area (TPSA) is 22.0 Å². The van der Waals surface area contributed by atoms with Crippen molar-refractivity contribution in [2.45, 2.75) is 26.3 Å². The first-order valence-corrected chi connectivity index (χ1v) is 6.01. The molecule has 2 rings (SSSR count). The average molecular weight is 256 g/mol. The summed E-state index contributed by atoms with van der Waals surface area (Å²) in [5, 5.41) is 1.00. The molecule has 0 atom stereocenters. The standard InChI is InChI=1S/C11H14BrNO/c1-9-3-2-6-13(10(9)14)8-11(7-12)4-5-11/h2-3,6H,4-5,7-8H2,1H3. The molecule has 1 aliphatic carbocycles. The van der Waals surface area contributed by atoms with Gasteiger partial charge in [0.05, 0.1) is 0 Å². The zero-order valence-electron chi connectivity index (χ0n) is 8.29. The van der Waals surface area contributed by atoms with E-state index in [1.807, 2.05) is 29.8 Å². The predicted octanol–water partition coefficient (Wildman–Crippen LogP) is 2.33. The molecule has 2 nitrogen and oxygen atoms in total. The van der Waals surface area contributed by atoms with E-state index in [0.717, 1.165) is 17.4 Å². The Morgan fingerprint density at radius 2 is 2.29 bits per heavy atom. The van der Waals surface area contributed by atoms with Crippen molar-refractivity contribution < 1.29 is 0 Å². The molecule has 0 aromatic carbocycles. The minimum atomic E-state index is 0.153. The van der Waals surface area contributed by atoms with E-state index >= 15 is 0 Å². The molecular formula is C11H14BrNO. The third kappa shape index (κ3) is 1.78. The molecule has 76 valence electrons. The number of pyridine rings is 1. The lowest BCUT2D eigenvalue weighted by Crippen LogP contribution is -2.26. The molecule has 0 bridgehead atoms. The van der Waals surface area contributed by atoms with Crippen LogP contribution in [0.25, 0.3) is 0 Å². The van der Waals surface area contributed by atoms with Crippen LogP contribution in [-0.2, 0) is 6.54 Å². The maximum Gasteiger partial charge on any atom is 0.253 e. The van der Waals surface area contributed by atoms with Gasteiger partial charge < -0.3 is 4.57 Å². The third-order valence-corrected chi connectivity index (χ3v) is 4.15. The van der Waals surface area contributed by atoms with Gasteiger partial charge in [0.2, 0.25) is 0 Å². The summed E-state index contributed by atoms with van der Waals surface area (Å²) in [7, 11) is 0. The van der Waals surface area contributed by atoms with Gasteiger partial charge in [-0.1, -0.05) is 22.0 Å². The molecule has 1 saturated carbocycles. The van der Waals surface area contributed by atoms with Gasteiger partial charge in [0.15, 0.2) is 0 Å². The highest BCUT2D eigenvalue weighted by molar-refractivity contribution is 9.09. The Bertz CT molecular complexity index is 393. The highest BCUT2D eigenvalue weighted by atomic mass is 79.9. The Hall–Kier alpha value is -0.570. The van der Waals surface area contributed by atoms with Crippen molar-refractivity contribution in [2.75, 3.05) is 5.33 Å². The lowest BCUT2D eigenvalue weighted by atomic mass is 10.1. The first-order valence-electron chi connectivity index (χ1n) is 4.89. The summed E-state index contributed by atoms with van der Waals surface area (Å²) in [5.41, 5.74) is 1.34. The van der Waals surface area contributed by atoms with Crippen molar-refractivity contribution in [3.63, 3.8) is 0 Å². The molecule has 1 heterocycles. The zero-order valence-corrected chi connectivity index (χ0v) is 9.88. The predicted molar refractivity (Wildman–Crippen MR) is 60.9 cm³/mol. The average Bonchev–Trinajstić information content (AvgIpc) is 2.94. The van der Waals surface area contributed by atoms with Crippen LogP contribution in [0.5, 0.6) is 0 Å². The summed E-state index contributed by atoms with van der Waals surface area (Å²) in [6.45, 7) is 2.73. The number of rotatable bonds is 3. The summed E-state index contributed by atoms with van der Waals surface area (Å²) < 4.78 is 1.84. The highest BCUT2D eigenvalue weighted by Gasteiger charge is 2.41. The number of nitrogens with zero attached hydrogens (tertiary/aromatic N) is 1. The monoisotopic (exact) mass is 255 g/mol. The van der Waals surface area contributed by atoms with Crippen LogP contribution in [0.3, 0.4) is 0 Å². The van der Waals surface area contributed by atoms with E-state index < -0.39 is 0 Å². The van der Waals surface area contributed by atoms with Crippen molar-refractivity contribution >= 4 is 15.9 Å². The Balaban J connectivity index is 2.25. The van der Waals surface area contributed by atoms with Gasteiger partial charge in [-0.2, -0.15) is 0 Å². The lowest BCUT2D eigenvalue weighted by molar-refractivity contribution is 0.464. The molecular weight excluding hydrogens is 242 g/mol. The molecule has 0 aliphatic heterocycles. The summed E-state index contributed by atoms with van der Waals surface area (Å²) in [6.07, 6.45) is 4.36. The van der Waals surface area contributed by atoms with Crippen LogP contribution in [0.1, 0.15) is 18.4 Å². The van der Waals surface area contributed by atoms with Crippen LogP contribution < -0.4 is 5.56 Å². The zero-order chi connectivity index (χ0) is 10.2. The van der Waals surface area contributed by atoms with Crippen LogP contribution in [-0.4, -0.2) is 9.90 Å². The van der Waals surface area contributed by atoms with Crippen molar-refractivity contribution in [1.29, 1.82) is 0 Å². The Kier molecular flexibility index (Phi) is 2.52. The number of hydrogen-bond acceptors (Lipinski definition) is 1. The van der Waals surface area contributed by atoms with Crippen LogP contribution >= 0.6 is 15.9 Å². The lowest BCUT2D eigenvalue weighted by Gasteiger charge is -2.13. The summed E-state index contributed by atoms with van der Waals surface area (Å²) in [6, 6.07) is 3.81. The largest absolute Gasteiger partial charge is 0.315 e. The van der Waals surface area contributed by atoms with Gasteiger partial charge in [-0.05, 0) is 31.2 Å². The second-order valence-electron chi connectivity index (χ2n) is 4.26. The summed E-state index contributed by atoms with van der Waals surface area (Å²) >= 11 is 3.52. The minimum Gasteiger partial charge on any atom is -0.315 e. The highest BCUT2D eigenvalue weighted by Crippen LogP contribution is 2.48. The van der Waals surface area contributed by atoms with Gasteiger partial charge in [-0.25, -0.2) is 0 Å². The van der Waals surface area contributed by atoms with Gasteiger partial charge in [0, 0.05) is 23.6 Å². The Labute approximate surface area is 92.1 Å². The molecule has 1 aromatic rings. The van der Waals surface area contributed by atoms with Gasteiger partial charge in [-0.3, -0.25) is 4.79 Å². The normalized spacial score (nSPS) is 18.1.